The van der Waals surface area contributed by atoms with Gasteiger partial charge < -0.3 is 14.6 Å². The summed E-state index contributed by atoms with van der Waals surface area (Å²) in [5, 5.41) is 14.7. The van der Waals surface area contributed by atoms with Crippen molar-refractivity contribution in [2.75, 3.05) is 18.0 Å². The van der Waals surface area contributed by atoms with Crippen molar-refractivity contribution in [3.05, 3.63) is 75.7 Å². The summed E-state index contributed by atoms with van der Waals surface area (Å²) in [6, 6.07) is 13.0. The molecule has 2 aromatic carbocycles. The number of aromatic nitrogens is 1. The smallest absolute Gasteiger partial charge is 0.289 e. The number of hydrogen-bond acceptors (Lipinski definition) is 6. The molecule has 2 heterocycles. The van der Waals surface area contributed by atoms with Crippen LogP contribution in [0.1, 0.15) is 59.8 Å². The van der Waals surface area contributed by atoms with Gasteiger partial charge in [0.1, 0.15) is 5.56 Å². The summed E-state index contributed by atoms with van der Waals surface area (Å²) in [6.07, 6.45) is 7.59. The summed E-state index contributed by atoms with van der Waals surface area (Å²) >= 11 is 0. The number of nitro groups is 1. The minimum atomic E-state index is -0.446. The first-order chi connectivity index (χ1) is 16.1. The SMILES string of the molecule is O=C(N[C@H]1CCCc2ccccc21)c1cnc(-c2cc(N3CCCCC3)ccc2[N+](=O)[O-])o1. The first-order valence-corrected chi connectivity index (χ1v) is 11.5. The number of nitrogens with one attached hydrogen (secondary N) is 1. The van der Waals surface area contributed by atoms with E-state index in [1.165, 1.54) is 24.2 Å². The Kier molecular flexibility index (Phi) is 5.81. The molecule has 1 N–H and O–H groups in total. The highest BCUT2D eigenvalue weighted by Gasteiger charge is 2.26. The van der Waals surface area contributed by atoms with Crippen LogP contribution in [0.5, 0.6) is 0 Å². The Morgan fingerprint density at radius 1 is 1.12 bits per heavy atom. The molecule has 8 nitrogen and oxygen atoms in total. The van der Waals surface area contributed by atoms with Crippen molar-refractivity contribution < 1.29 is 14.1 Å². The third-order valence-electron chi connectivity index (χ3n) is 6.53. The number of amides is 1. The van der Waals surface area contributed by atoms with Crippen LogP contribution in [0.2, 0.25) is 0 Å². The highest BCUT2D eigenvalue weighted by Crippen LogP contribution is 2.35. The summed E-state index contributed by atoms with van der Waals surface area (Å²) in [4.78, 5) is 30.6. The van der Waals surface area contributed by atoms with E-state index in [4.69, 9.17) is 4.42 Å². The molecule has 1 fully saturated rings. The molecule has 0 bridgehead atoms. The largest absolute Gasteiger partial charge is 0.431 e. The molecule has 1 aliphatic heterocycles. The molecule has 0 radical (unpaired) electrons. The van der Waals surface area contributed by atoms with Gasteiger partial charge in [-0.2, -0.15) is 0 Å². The van der Waals surface area contributed by atoms with Gasteiger partial charge in [0.05, 0.1) is 17.2 Å². The van der Waals surface area contributed by atoms with Crippen molar-refractivity contribution in [2.45, 2.75) is 44.6 Å². The van der Waals surface area contributed by atoms with Gasteiger partial charge >= 0.3 is 0 Å². The maximum atomic E-state index is 12.9. The number of fused-ring (bicyclic) bond motifs is 1. The molecular weight excluding hydrogens is 420 g/mol. The monoisotopic (exact) mass is 446 g/mol. The zero-order valence-electron chi connectivity index (χ0n) is 18.3. The number of aryl methyl sites for hydroxylation is 1. The third kappa shape index (κ3) is 4.33. The van der Waals surface area contributed by atoms with Crippen LogP contribution in [-0.2, 0) is 6.42 Å². The topological polar surface area (TPSA) is 102 Å². The average molecular weight is 447 g/mol. The van der Waals surface area contributed by atoms with E-state index in [0.717, 1.165) is 56.4 Å². The lowest BCUT2D eigenvalue weighted by Gasteiger charge is -2.28. The number of oxazole rings is 1. The minimum absolute atomic E-state index is 0.0470. The minimum Gasteiger partial charge on any atom is -0.431 e. The van der Waals surface area contributed by atoms with E-state index in [0.29, 0.717) is 0 Å². The molecule has 0 spiro atoms. The van der Waals surface area contributed by atoms with E-state index >= 15 is 0 Å². The van der Waals surface area contributed by atoms with Gasteiger partial charge in [-0.3, -0.25) is 14.9 Å². The maximum Gasteiger partial charge on any atom is 0.289 e. The van der Waals surface area contributed by atoms with E-state index < -0.39 is 4.92 Å². The van der Waals surface area contributed by atoms with Crippen molar-refractivity contribution in [1.29, 1.82) is 0 Å². The van der Waals surface area contributed by atoms with Crippen molar-refractivity contribution >= 4 is 17.3 Å². The molecule has 2 aliphatic rings. The molecule has 1 saturated heterocycles. The zero-order chi connectivity index (χ0) is 22.8. The van der Waals surface area contributed by atoms with Crippen LogP contribution in [0.25, 0.3) is 11.5 Å². The van der Waals surface area contributed by atoms with Gasteiger partial charge in [0.15, 0.2) is 0 Å². The van der Waals surface area contributed by atoms with Crippen LogP contribution < -0.4 is 10.2 Å². The van der Waals surface area contributed by atoms with Gasteiger partial charge in [0, 0.05) is 24.8 Å². The van der Waals surface area contributed by atoms with Gasteiger partial charge in [0.25, 0.3) is 11.6 Å². The fourth-order valence-electron chi connectivity index (χ4n) is 4.84. The Morgan fingerprint density at radius 3 is 2.76 bits per heavy atom. The zero-order valence-corrected chi connectivity index (χ0v) is 18.3. The Hall–Kier alpha value is -3.68. The number of anilines is 1. The number of carbonyl (C=O) groups excluding carboxylic acids is 1. The van der Waals surface area contributed by atoms with Crippen LogP contribution >= 0.6 is 0 Å². The molecule has 33 heavy (non-hydrogen) atoms. The van der Waals surface area contributed by atoms with Crippen LogP contribution in [0.15, 0.2) is 53.1 Å². The van der Waals surface area contributed by atoms with E-state index in [1.54, 1.807) is 12.1 Å². The van der Waals surface area contributed by atoms with E-state index in [9.17, 15) is 14.9 Å². The Labute approximate surface area is 191 Å². The average Bonchev–Trinajstić information content (AvgIpc) is 3.35. The second kappa shape index (κ2) is 9.05. The fourth-order valence-corrected chi connectivity index (χ4v) is 4.84. The standard InChI is InChI=1S/C25H26N4O4/c30-24(27-21-10-6-8-17-7-2-3-9-19(17)21)23-16-26-25(33-23)20-15-18(11-12-22(20)29(31)32)28-13-4-1-5-14-28/h2-3,7,9,11-12,15-16,21H,1,4-6,8,10,13-14H2,(H,27,30)/t21-/m0/s1. The highest BCUT2D eigenvalue weighted by atomic mass is 16.6. The fraction of sp³-hybridized carbons (Fsp3) is 0.360. The number of nitro benzene ring substituents is 1. The lowest BCUT2D eigenvalue weighted by Crippen LogP contribution is -2.30. The van der Waals surface area contributed by atoms with Crippen LogP contribution in [0.3, 0.4) is 0 Å². The molecular formula is C25H26N4O4. The number of hydrogen-bond donors (Lipinski definition) is 1. The number of carbonyl (C=O) groups is 1. The molecule has 3 aromatic rings. The molecule has 1 atom stereocenters. The predicted molar refractivity (Wildman–Crippen MR) is 124 cm³/mol. The Morgan fingerprint density at radius 2 is 1.94 bits per heavy atom. The van der Waals surface area contributed by atoms with Crippen molar-refractivity contribution in [3.63, 3.8) is 0 Å². The van der Waals surface area contributed by atoms with E-state index in [-0.39, 0.29) is 34.9 Å². The molecule has 1 aromatic heterocycles. The first-order valence-electron chi connectivity index (χ1n) is 11.5. The molecule has 5 rings (SSSR count). The highest BCUT2D eigenvalue weighted by molar-refractivity contribution is 5.92. The Balaban J connectivity index is 1.40. The Bertz CT molecular complexity index is 1180. The molecule has 170 valence electrons. The normalized spacial score (nSPS) is 17.9. The second-order valence-electron chi connectivity index (χ2n) is 8.65. The maximum absolute atomic E-state index is 12.9. The van der Waals surface area contributed by atoms with E-state index in [1.807, 2.05) is 18.2 Å². The number of piperidine rings is 1. The molecule has 1 amide bonds. The van der Waals surface area contributed by atoms with Crippen LogP contribution in [-0.4, -0.2) is 28.9 Å². The van der Waals surface area contributed by atoms with Gasteiger partial charge in [0.2, 0.25) is 11.7 Å². The summed E-state index contributed by atoms with van der Waals surface area (Å²) in [6.45, 7) is 1.83. The molecule has 1 aliphatic carbocycles. The summed E-state index contributed by atoms with van der Waals surface area (Å²) in [7, 11) is 0. The van der Waals surface area contributed by atoms with Gasteiger partial charge in [-0.05, 0) is 61.8 Å². The molecule has 0 saturated carbocycles. The third-order valence-corrected chi connectivity index (χ3v) is 6.53. The van der Waals surface area contributed by atoms with Gasteiger partial charge in [-0.1, -0.05) is 24.3 Å². The first kappa shape index (κ1) is 21.2. The van der Waals surface area contributed by atoms with Crippen LogP contribution in [0, 0.1) is 10.1 Å². The van der Waals surface area contributed by atoms with Crippen LogP contribution in [0.4, 0.5) is 11.4 Å². The molecule has 8 heteroatoms. The number of benzene rings is 2. The lowest BCUT2D eigenvalue weighted by molar-refractivity contribution is -0.384. The second-order valence-corrected chi connectivity index (χ2v) is 8.65. The molecule has 0 unspecified atom stereocenters. The number of nitrogens with zero attached hydrogens (tertiary/aromatic N) is 3. The van der Waals surface area contributed by atoms with Crippen molar-refractivity contribution in [3.8, 4) is 11.5 Å². The van der Waals surface area contributed by atoms with Crippen molar-refractivity contribution in [1.82, 2.24) is 10.3 Å². The van der Waals surface area contributed by atoms with Gasteiger partial charge in [-0.15, -0.1) is 0 Å². The number of rotatable bonds is 5. The predicted octanol–water partition coefficient (Wildman–Crippen LogP) is 5.05. The summed E-state index contributed by atoms with van der Waals surface area (Å²) in [5.41, 5.74) is 3.47. The summed E-state index contributed by atoms with van der Waals surface area (Å²) in [5.74, 6) is -0.245. The van der Waals surface area contributed by atoms with E-state index in [2.05, 4.69) is 21.3 Å². The van der Waals surface area contributed by atoms with Crippen molar-refractivity contribution in [2.24, 2.45) is 0 Å². The van der Waals surface area contributed by atoms with Gasteiger partial charge in [-0.25, -0.2) is 4.98 Å². The lowest BCUT2D eigenvalue weighted by atomic mass is 9.88. The summed E-state index contributed by atoms with van der Waals surface area (Å²) < 4.78 is 5.75. The quantitative estimate of drug-likeness (QED) is 0.435.